The highest BCUT2D eigenvalue weighted by molar-refractivity contribution is 7.14. The number of nitro groups is 2. The molecule has 2 aromatic carbocycles. The average molecular weight is 483 g/mol. The van der Waals surface area contributed by atoms with Crippen LogP contribution in [0.1, 0.15) is 23.7 Å². The molecule has 2 heterocycles. The van der Waals surface area contributed by atoms with Gasteiger partial charge in [-0.2, -0.15) is 0 Å². The first-order chi connectivity index (χ1) is 16.3. The van der Waals surface area contributed by atoms with Crippen LogP contribution in [0.4, 0.5) is 22.2 Å². The summed E-state index contributed by atoms with van der Waals surface area (Å²) in [6, 6.07) is 8.01. The molecule has 1 aliphatic rings. The van der Waals surface area contributed by atoms with Gasteiger partial charge in [0.2, 0.25) is 0 Å². The maximum absolute atomic E-state index is 12.6. The molecular formula is C21H17N5O7S. The number of hydrogen-bond donors (Lipinski definition) is 1. The van der Waals surface area contributed by atoms with Gasteiger partial charge in [0.25, 0.3) is 23.2 Å². The minimum absolute atomic E-state index is 0.0188. The van der Waals surface area contributed by atoms with Crippen molar-refractivity contribution in [3.05, 3.63) is 67.6 Å². The zero-order valence-electron chi connectivity index (χ0n) is 17.7. The summed E-state index contributed by atoms with van der Waals surface area (Å²) < 4.78 is 5.50. The van der Waals surface area contributed by atoms with Crippen molar-refractivity contribution >= 4 is 45.3 Å². The topological polar surface area (TPSA) is 158 Å². The highest BCUT2D eigenvalue weighted by Gasteiger charge is 2.26. The van der Waals surface area contributed by atoms with Gasteiger partial charge >= 0.3 is 0 Å². The van der Waals surface area contributed by atoms with Crippen LogP contribution in [-0.2, 0) is 4.79 Å². The number of amides is 2. The predicted octanol–water partition coefficient (Wildman–Crippen LogP) is 4.01. The summed E-state index contributed by atoms with van der Waals surface area (Å²) >= 11 is 1.11. The number of nitro benzene ring substituents is 2. The second kappa shape index (κ2) is 9.23. The molecule has 0 spiro atoms. The van der Waals surface area contributed by atoms with E-state index in [9.17, 15) is 29.8 Å². The Morgan fingerprint density at radius 3 is 2.53 bits per heavy atom. The third kappa shape index (κ3) is 4.54. The molecule has 1 aromatic heterocycles. The minimum Gasteiger partial charge on any atom is -0.482 e. The van der Waals surface area contributed by atoms with Crippen LogP contribution in [0.3, 0.4) is 0 Å². The quantitative estimate of drug-likeness (QED) is 0.390. The summed E-state index contributed by atoms with van der Waals surface area (Å²) in [5.41, 5.74) is 0.488. The van der Waals surface area contributed by atoms with Crippen molar-refractivity contribution in [3.63, 3.8) is 0 Å². The number of carbonyl (C=O) groups is 2. The lowest BCUT2D eigenvalue weighted by molar-refractivity contribution is -0.394. The molecule has 174 valence electrons. The molecule has 0 saturated heterocycles. The van der Waals surface area contributed by atoms with E-state index in [0.717, 1.165) is 36.0 Å². The summed E-state index contributed by atoms with van der Waals surface area (Å²) in [7, 11) is 0. The number of nitrogens with zero attached hydrogens (tertiary/aromatic N) is 4. The molecular weight excluding hydrogens is 466 g/mol. The molecule has 3 aromatic rings. The van der Waals surface area contributed by atoms with Gasteiger partial charge in [0.15, 0.2) is 11.7 Å². The van der Waals surface area contributed by atoms with Crippen molar-refractivity contribution in [2.45, 2.75) is 13.3 Å². The van der Waals surface area contributed by atoms with Gasteiger partial charge in [0.05, 0.1) is 32.9 Å². The van der Waals surface area contributed by atoms with Gasteiger partial charge in [-0.25, -0.2) is 4.98 Å². The third-order valence-corrected chi connectivity index (χ3v) is 5.71. The average Bonchev–Trinajstić information content (AvgIpc) is 3.28. The van der Waals surface area contributed by atoms with Crippen molar-refractivity contribution in [3.8, 4) is 17.0 Å². The normalized spacial score (nSPS) is 12.6. The van der Waals surface area contributed by atoms with Gasteiger partial charge in [-0.05, 0) is 24.6 Å². The van der Waals surface area contributed by atoms with Gasteiger partial charge < -0.3 is 9.64 Å². The van der Waals surface area contributed by atoms with Crippen molar-refractivity contribution < 1.29 is 24.2 Å². The van der Waals surface area contributed by atoms with E-state index in [1.807, 2.05) is 6.92 Å². The molecule has 13 heteroatoms. The number of fused-ring (bicyclic) bond motifs is 1. The Hall–Kier alpha value is -4.39. The van der Waals surface area contributed by atoms with E-state index in [-0.39, 0.29) is 23.2 Å². The predicted molar refractivity (Wildman–Crippen MR) is 123 cm³/mol. The van der Waals surface area contributed by atoms with E-state index < -0.39 is 27.1 Å². The number of hydrogen-bond acceptors (Lipinski definition) is 9. The Kier molecular flexibility index (Phi) is 6.19. The van der Waals surface area contributed by atoms with Gasteiger partial charge in [-0.3, -0.25) is 35.1 Å². The molecule has 0 aliphatic carbocycles. The first-order valence-electron chi connectivity index (χ1n) is 10.0. The van der Waals surface area contributed by atoms with Gasteiger partial charge in [-0.1, -0.05) is 6.92 Å². The SMILES string of the molecule is CCCN1C(=O)COc2ccc(-c3csc(NC(=O)c4cc([N+](=O)[O-])cc([N+](=O)[O-])c4)n3)cc21. The highest BCUT2D eigenvalue weighted by Crippen LogP contribution is 2.37. The second-order valence-electron chi connectivity index (χ2n) is 7.26. The number of aromatic nitrogens is 1. The summed E-state index contributed by atoms with van der Waals surface area (Å²) in [6.45, 7) is 2.50. The zero-order valence-corrected chi connectivity index (χ0v) is 18.5. The number of anilines is 2. The number of thiazole rings is 1. The van der Waals surface area contributed by atoms with Gasteiger partial charge in [0, 0.05) is 29.6 Å². The lowest BCUT2D eigenvalue weighted by Gasteiger charge is -2.29. The Bertz CT molecular complexity index is 1290. The van der Waals surface area contributed by atoms with E-state index in [2.05, 4.69) is 10.3 Å². The number of ether oxygens (including phenoxy) is 1. The fraction of sp³-hybridized carbons (Fsp3) is 0.190. The zero-order chi connectivity index (χ0) is 24.4. The van der Waals surface area contributed by atoms with Crippen LogP contribution in [-0.4, -0.2) is 39.8 Å². The van der Waals surface area contributed by atoms with Crippen LogP contribution in [0.25, 0.3) is 11.3 Å². The van der Waals surface area contributed by atoms with E-state index in [1.54, 1.807) is 28.5 Å². The maximum Gasteiger partial charge on any atom is 0.277 e. The number of nitrogens with one attached hydrogen (secondary N) is 1. The summed E-state index contributed by atoms with van der Waals surface area (Å²) in [5.74, 6) is -0.317. The third-order valence-electron chi connectivity index (χ3n) is 4.96. The Balaban J connectivity index is 1.58. The van der Waals surface area contributed by atoms with Gasteiger partial charge in [-0.15, -0.1) is 11.3 Å². The second-order valence-corrected chi connectivity index (χ2v) is 8.12. The molecule has 34 heavy (non-hydrogen) atoms. The lowest BCUT2D eigenvalue weighted by atomic mass is 10.1. The summed E-state index contributed by atoms with van der Waals surface area (Å²) in [5, 5.41) is 26.5. The van der Waals surface area contributed by atoms with Crippen molar-refractivity contribution in [1.82, 2.24) is 4.98 Å². The van der Waals surface area contributed by atoms with Crippen LogP contribution >= 0.6 is 11.3 Å². The molecule has 4 rings (SSSR count). The van der Waals surface area contributed by atoms with Crippen molar-refractivity contribution in [1.29, 1.82) is 0 Å². The lowest BCUT2D eigenvalue weighted by Crippen LogP contribution is -2.39. The molecule has 0 unspecified atom stereocenters. The van der Waals surface area contributed by atoms with E-state index in [1.165, 1.54) is 0 Å². The number of carbonyl (C=O) groups excluding carboxylic acids is 2. The summed E-state index contributed by atoms with van der Waals surface area (Å²) in [4.78, 5) is 51.4. The number of benzene rings is 2. The largest absolute Gasteiger partial charge is 0.482 e. The molecule has 1 N–H and O–H groups in total. The molecule has 12 nitrogen and oxygen atoms in total. The van der Waals surface area contributed by atoms with Crippen LogP contribution in [0, 0.1) is 20.2 Å². The first kappa shape index (κ1) is 22.8. The van der Waals surface area contributed by atoms with Crippen molar-refractivity contribution in [2.75, 3.05) is 23.4 Å². The van der Waals surface area contributed by atoms with Crippen LogP contribution in [0.5, 0.6) is 5.75 Å². The molecule has 0 radical (unpaired) electrons. The number of rotatable bonds is 7. The standard InChI is InChI=1S/C21H17N5O7S/c1-2-5-24-17-8-12(3-4-18(17)33-10-19(24)27)16-11-34-21(22-16)23-20(28)13-6-14(25(29)30)9-15(7-13)26(31)32/h3-4,6-9,11H,2,5,10H2,1H3,(H,22,23,28). The summed E-state index contributed by atoms with van der Waals surface area (Å²) in [6.07, 6.45) is 0.776. The Morgan fingerprint density at radius 2 is 1.88 bits per heavy atom. The molecule has 0 atom stereocenters. The molecule has 1 aliphatic heterocycles. The first-order valence-corrected chi connectivity index (χ1v) is 10.9. The van der Waals surface area contributed by atoms with Crippen LogP contribution in [0.15, 0.2) is 41.8 Å². The van der Waals surface area contributed by atoms with Gasteiger partial charge in [0.1, 0.15) is 5.75 Å². The monoisotopic (exact) mass is 483 g/mol. The molecule has 0 saturated carbocycles. The fourth-order valence-electron chi connectivity index (χ4n) is 3.40. The molecule has 2 amide bonds. The van der Waals surface area contributed by atoms with Crippen molar-refractivity contribution in [2.24, 2.45) is 0 Å². The van der Waals surface area contributed by atoms with E-state index in [4.69, 9.17) is 4.74 Å². The van der Waals surface area contributed by atoms with E-state index in [0.29, 0.717) is 29.2 Å². The van der Waals surface area contributed by atoms with E-state index >= 15 is 0 Å². The minimum atomic E-state index is -0.808. The molecule has 0 fully saturated rings. The highest BCUT2D eigenvalue weighted by atomic mass is 32.1. The fourth-order valence-corrected chi connectivity index (χ4v) is 4.12. The maximum atomic E-state index is 12.6. The Labute approximate surface area is 196 Å². The van der Waals surface area contributed by atoms with Crippen LogP contribution in [0.2, 0.25) is 0 Å². The van der Waals surface area contributed by atoms with Crippen LogP contribution < -0.4 is 15.0 Å². The molecule has 0 bridgehead atoms. The smallest absolute Gasteiger partial charge is 0.277 e. The Morgan fingerprint density at radius 1 is 1.18 bits per heavy atom. The number of non-ortho nitro benzene ring substituents is 2.